The molecule has 0 aliphatic carbocycles. The van der Waals surface area contributed by atoms with E-state index < -0.39 is 0 Å². The van der Waals surface area contributed by atoms with E-state index in [4.69, 9.17) is 9.47 Å². The second-order valence-corrected chi connectivity index (χ2v) is 5.78. The largest absolute Gasteiger partial charge is 0.472 e. The van der Waals surface area contributed by atoms with Gasteiger partial charge in [0.25, 0.3) is 5.91 Å². The number of benzene rings is 1. The predicted octanol–water partition coefficient (Wildman–Crippen LogP) is 1.67. The number of hydrogen-bond donors (Lipinski definition) is 3. The molecule has 3 heterocycles. The molecule has 2 aromatic heterocycles. The van der Waals surface area contributed by atoms with Crippen LogP contribution < -0.4 is 15.7 Å². The minimum absolute atomic E-state index is 0.0290. The van der Waals surface area contributed by atoms with E-state index in [0.29, 0.717) is 41.4 Å². The number of hydrogen-bond acceptors (Lipinski definition) is 5. The highest BCUT2D eigenvalue weighted by Crippen LogP contribution is 2.18. The lowest BCUT2D eigenvalue weighted by molar-refractivity contribution is 0.102. The first kappa shape index (κ1) is 15.4. The number of ether oxygens (including phenoxy) is 2. The van der Waals surface area contributed by atoms with Crippen molar-refractivity contribution in [3.63, 3.8) is 0 Å². The number of nitrogens with zero attached hydrogens (tertiary/aromatic N) is 1. The Kier molecular flexibility index (Phi) is 3.95. The number of H-pyrrole nitrogens is 2. The molecule has 0 spiro atoms. The van der Waals surface area contributed by atoms with Crippen LogP contribution in [0.3, 0.4) is 0 Å². The summed E-state index contributed by atoms with van der Waals surface area (Å²) < 4.78 is 11.0. The average Bonchev–Trinajstić information content (AvgIpc) is 3.23. The first-order chi connectivity index (χ1) is 12.2. The van der Waals surface area contributed by atoms with Crippen molar-refractivity contribution in [2.75, 3.05) is 18.5 Å². The monoisotopic (exact) mass is 340 g/mol. The van der Waals surface area contributed by atoms with Crippen LogP contribution in [0.2, 0.25) is 0 Å². The quantitative estimate of drug-likeness (QED) is 0.669. The predicted molar refractivity (Wildman–Crippen MR) is 91.0 cm³/mol. The van der Waals surface area contributed by atoms with Crippen molar-refractivity contribution in [3.05, 3.63) is 52.6 Å². The Balaban J connectivity index is 1.50. The standard InChI is InChI=1S/C17H16N4O4/c22-16(19-11-1-2-13-14(8-11)21-17(23)20-13)10-3-5-18-15(7-10)25-12-4-6-24-9-12/h1-3,5,7-8,12H,4,6,9H2,(H,19,22)(H2,20,21,23). The lowest BCUT2D eigenvalue weighted by Gasteiger charge is -2.11. The smallest absolute Gasteiger partial charge is 0.323 e. The second-order valence-electron chi connectivity index (χ2n) is 5.78. The number of imidazole rings is 1. The minimum Gasteiger partial charge on any atom is -0.472 e. The second kappa shape index (κ2) is 6.40. The fourth-order valence-corrected chi connectivity index (χ4v) is 2.71. The van der Waals surface area contributed by atoms with Gasteiger partial charge in [-0.05, 0) is 24.3 Å². The van der Waals surface area contributed by atoms with Crippen molar-refractivity contribution < 1.29 is 14.3 Å². The van der Waals surface area contributed by atoms with Crippen LogP contribution in [0.1, 0.15) is 16.8 Å². The number of anilines is 1. The first-order valence-corrected chi connectivity index (χ1v) is 7.91. The molecule has 1 aliphatic rings. The van der Waals surface area contributed by atoms with Crippen molar-refractivity contribution in [2.45, 2.75) is 12.5 Å². The molecular formula is C17H16N4O4. The van der Waals surface area contributed by atoms with Crippen LogP contribution in [0.5, 0.6) is 5.88 Å². The van der Waals surface area contributed by atoms with Crippen molar-refractivity contribution in [1.29, 1.82) is 0 Å². The highest BCUT2D eigenvalue weighted by molar-refractivity contribution is 6.05. The Morgan fingerprint density at radius 1 is 1.24 bits per heavy atom. The van der Waals surface area contributed by atoms with E-state index in [1.807, 2.05) is 0 Å². The van der Waals surface area contributed by atoms with Gasteiger partial charge in [-0.25, -0.2) is 9.78 Å². The highest BCUT2D eigenvalue weighted by Gasteiger charge is 2.18. The molecule has 128 valence electrons. The molecule has 0 bridgehead atoms. The summed E-state index contributed by atoms with van der Waals surface area (Å²) in [5, 5.41) is 2.80. The maximum absolute atomic E-state index is 12.4. The summed E-state index contributed by atoms with van der Waals surface area (Å²) >= 11 is 0. The summed E-state index contributed by atoms with van der Waals surface area (Å²) in [6.45, 7) is 1.21. The summed E-state index contributed by atoms with van der Waals surface area (Å²) in [4.78, 5) is 33.2. The number of pyridine rings is 1. The number of nitrogens with one attached hydrogen (secondary N) is 3. The molecule has 0 radical (unpaired) electrons. The van der Waals surface area contributed by atoms with Gasteiger partial charge in [-0.3, -0.25) is 4.79 Å². The number of rotatable bonds is 4. The highest BCUT2D eigenvalue weighted by atomic mass is 16.5. The van der Waals surface area contributed by atoms with Gasteiger partial charge < -0.3 is 24.8 Å². The molecule has 1 aliphatic heterocycles. The Bertz CT molecular complexity index is 972. The van der Waals surface area contributed by atoms with E-state index >= 15 is 0 Å². The Morgan fingerprint density at radius 2 is 2.12 bits per heavy atom. The number of carbonyl (C=O) groups excluding carboxylic acids is 1. The topological polar surface area (TPSA) is 109 Å². The van der Waals surface area contributed by atoms with Gasteiger partial charge in [0.15, 0.2) is 0 Å². The van der Waals surface area contributed by atoms with E-state index in [1.54, 1.807) is 30.3 Å². The van der Waals surface area contributed by atoms with Crippen LogP contribution in [-0.2, 0) is 4.74 Å². The minimum atomic E-state index is -0.287. The van der Waals surface area contributed by atoms with Crippen molar-refractivity contribution in [1.82, 2.24) is 15.0 Å². The van der Waals surface area contributed by atoms with Gasteiger partial charge in [0.1, 0.15) is 6.10 Å². The van der Waals surface area contributed by atoms with Crippen LogP contribution >= 0.6 is 0 Å². The number of carbonyl (C=O) groups is 1. The molecule has 1 atom stereocenters. The van der Waals surface area contributed by atoms with Crippen LogP contribution in [0.25, 0.3) is 11.0 Å². The number of aromatic nitrogens is 3. The van der Waals surface area contributed by atoms with E-state index in [-0.39, 0.29) is 17.7 Å². The number of fused-ring (bicyclic) bond motifs is 1. The Labute approximate surface area is 142 Å². The van der Waals surface area contributed by atoms with E-state index in [9.17, 15) is 9.59 Å². The summed E-state index contributed by atoms with van der Waals surface area (Å²) in [5.74, 6) is 0.112. The van der Waals surface area contributed by atoms with Crippen molar-refractivity contribution in [3.8, 4) is 5.88 Å². The van der Waals surface area contributed by atoms with E-state index in [1.165, 1.54) is 6.20 Å². The molecule has 3 N–H and O–H groups in total. The molecule has 4 rings (SSSR count). The maximum atomic E-state index is 12.4. The van der Waals surface area contributed by atoms with Gasteiger partial charge in [0.05, 0.1) is 24.2 Å². The van der Waals surface area contributed by atoms with Gasteiger partial charge in [-0.15, -0.1) is 0 Å². The fourth-order valence-electron chi connectivity index (χ4n) is 2.71. The lowest BCUT2D eigenvalue weighted by atomic mass is 10.2. The molecule has 0 saturated carbocycles. The normalized spacial score (nSPS) is 16.9. The van der Waals surface area contributed by atoms with Gasteiger partial charge >= 0.3 is 5.69 Å². The maximum Gasteiger partial charge on any atom is 0.323 e. The Hall–Kier alpha value is -3.13. The summed E-state index contributed by atoms with van der Waals surface area (Å²) in [6.07, 6.45) is 2.32. The van der Waals surface area contributed by atoms with Gasteiger partial charge in [0.2, 0.25) is 5.88 Å². The third-order valence-electron chi connectivity index (χ3n) is 3.95. The molecule has 1 fully saturated rings. The van der Waals surface area contributed by atoms with Gasteiger partial charge in [-0.2, -0.15) is 0 Å². The summed E-state index contributed by atoms with van der Waals surface area (Å²) in [7, 11) is 0. The third kappa shape index (κ3) is 3.38. The zero-order valence-corrected chi connectivity index (χ0v) is 13.2. The lowest BCUT2D eigenvalue weighted by Crippen LogP contribution is -2.17. The van der Waals surface area contributed by atoms with Crippen molar-refractivity contribution >= 4 is 22.6 Å². The molecule has 3 aromatic rings. The molecule has 1 saturated heterocycles. The third-order valence-corrected chi connectivity index (χ3v) is 3.95. The first-order valence-electron chi connectivity index (χ1n) is 7.91. The van der Waals surface area contributed by atoms with Crippen LogP contribution in [0, 0.1) is 0 Å². The van der Waals surface area contributed by atoms with E-state index in [0.717, 1.165) is 6.42 Å². The van der Waals surface area contributed by atoms with Crippen LogP contribution in [0.15, 0.2) is 41.3 Å². The molecule has 25 heavy (non-hydrogen) atoms. The average molecular weight is 340 g/mol. The van der Waals surface area contributed by atoms with Crippen LogP contribution in [-0.4, -0.2) is 40.2 Å². The fraction of sp³-hybridized carbons (Fsp3) is 0.235. The number of aromatic amines is 2. The molecular weight excluding hydrogens is 324 g/mol. The molecule has 8 heteroatoms. The summed E-state index contributed by atoms with van der Waals surface area (Å²) in [5.41, 5.74) is 2.04. The van der Waals surface area contributed by atoms with Crippen LogP contribution in [0.4, 0.5) is 5.69 Å². The zero-order chi connectivity index (χ0) is 17.2. The molecule has 1 aromatic carbocycles. The number of amides is 1. The molecule has 1 amide bonds. The van der Waals surface area contributed by atoms with E-state index in [2.05, 4.69) is 20.3 Å². The zero-order valence-electron chi connectivity index (χ0n) is 13.2. The SMILES string of the molecule is O=C(Nc1ccc2[nH]c(=O)[nH]c2c1)c1ccnc(OC2CCOC2)c1. The van der Waals surface area contributed by atoms with Gasteiger partial charge in [0, 0.05) is 29.9 Å². The summed E-state index contributed by atoms with van der Waals surface area (Å²) in [6, 6.07) is 8.36. The molecule has 8 nitrogen and oxygen atoms in total. The van der Waals surface area contributed by atoms with Gasteiger partial charge in [-0.1, -0.05) is 0 Å². The Morgan fingerprint density at radius 3 is 2.96 bits per heavy atom. The van der Waals surface area contributed by atoms with Crippen molar-refractivity contribution in [2.24, 2.45) is 0 Å². The molecule has 1 unspecified atom stereocenters.